The van der Waals surface area contributed by atoms with E-state index in [4.69, 9.17) is 5.73 Å². The molecule has 0 aliphatic rings. The first kappa shape index (κ1) is 12.1. The van der Waals surface area contributed by atoms with Crippen LogP contribution in [0, 0.1) is 12.7 Å². The molecule has 2 nitrogen and oxygen atoms in total. The van der Waals surface area contributed by atoms with Crippen LogP contribution >= 0.6 is 0 Å². The van der Waals surface area contributed by atoms with Gasteiger partial charge in [0.2, 0.25) is 0 Å². The van der Waals surface area contributed by atoms with E-state index in [0.29, 0.717) is 18.5 Å². The van der Waals surface area contributed by atoms with Crippen LogP contribution in [0.3, 0.4) is 0 Å². The van der Waals surface area contributed by atoms with Gasteiger partial charge in [0.25, 0.3) is 0 Å². The third-order valence-corrected chi connectivity index (χ3v) is 2.50. The maximum atomic E-state index is 13.5. The summed E-state index contributed by atoms with van der Waals surface area (Å²) in [4.78, 5) is 0. The van der Waals surface area contributed by atoms with E-state index < -0.39 is 6.10 Å². The van der Waals surface area contributed by atoms with Crippen LogP contribution in [0.2, 0.25) is 0 Å². The van der Waals surface area contributed by atoms with Crippen LogP contribution in [0.25, 0.3) is 0 Å². The van der Waals surface area contributed by atoms with E-state index in [2.05, 4.69) is 0 Å². The standard InChI is InChI=1S/C12H18FNO/c1-8-3-4-12(13)11(5-8)10(7-14)6-9(2)15/h3-5,9-10,15H,6-7,14H2,1-2H3. The van der Waals surface area contributed by atoms with Crippen molar-refractivity contribution >= 4 is 0 Å². The van der Waals surface area contributed by atoms with Gasteiger partial charge in [-0.1, -0.05) is 17.7 Å². The normalized spacial score (nSPS) is 15.0. The molecule has 0 saturated heterocycles. The van der Waals surface area contributed by atoms with Crippen LogP contribution < -0.4 is 5.73 Å². The third-order valence-electron chi connectivity index (χ3n) is 2.50. The van der Waals surface area contributed by atoms with Gasteiger partial charge in [0, 0.05) is 5.92 Å². The van der Waals surface area contributed by atoms with Gasteiger partial charge in [-0.3, -0.25) is 0 Å². The van der Waals surface area contributed by atoms with E-state index in [1.807, 2.05) is 6.92 Å². The number of aryl methyl sites for hydroxylation is 1. The molecule has 0 aromatic heterocycles. The first-order valence-corrected chi connectivity index (χ1v) is 5.18. The first-order chi connectivity index (χ1) is 7.04. The highest BCUT2D eigenvalue weighted by atomic mass is 19.1. The van der Waals surface area contributed by atoms with E-state index in [1.54, 1.807) is 19.1 Å². The molecule has 0 heterocycles. The molecule has 84 valence electrons. The summed E-state index contributed by atoms with van der Waals surface area (Å²) in [5.41, 5.74) is 7.21. The van der Waals surface area contributed by atoms with Gasteiger partial charge in [-0.15, -0.1) is 0 Å². The summed E-state index contributed by atoms with van der Waals surface area (Å²) in [6.45, 7) is 3.96. The minimum atomic E-state index is -0.460. The van der Waals surface area contributed by atoms with Gasteiger partial charge in [-0.2, -0.15) is 0 Å². The first-order valence-electron chi connectivity index (χ1n) is 5.18. The van der Waals surface area contributed by atoms with Crippen LogP contribution in [0.5, 0.6) is 0 Å². The Kier molecular flexibility index (Phi) is 4.24. The number of aliphatic hydroxyl groups is 1. The van der Waals surface area contributed by atoms with Crippen molar-refractivity contribution in [2.24, 2.45) is 5.73 Å². The van der Waals surface area contributed by atoms with Crippen LogP contribution in [0.4, 0.5) is 4.39 Å². The SMILES string of the molecule is Cc1ccc(F)c(C(CN)CC(C)O)c1. The van der Waals surface area contributed by atoms with Gasteiger partial charge in [-0.25, -0.2) is 4.39 Å². The molecule has 0 radical (unpaired) electrons. The van der Waals surface area contributed by atoms with E-state index in [9.17, 15) is 9.50 Å². The zero-order valence-corrected chi connectivity index (χ0v) is 9.20. The number of hydrogen-bond acceptors (Lipinski definition) is 2. The van der Waals surface area contributed by atoms with E-state index in [-0.39, 0.29) is 11.7 Å². The van der Waals surface area contributed by atoms with Crippen molar-refractivity contribution in [1.29, 1.82) is 0 Å². The minimum absolute atomic E-state index is 0.107. The van der Waals surface area contributed by atoms with Crippen molar-refractivity contribution in [1.82, 2.24) is 0 Å². The second kappa shape index (κ2) is 5.24. The Morgan fingerprint density at radius 2 is 2.13 bits per heavy atom. The number of benzene rings is 1. The highest BCUT2D eigenvalue weighted by molar-refractivity contribution is 5.27. The Bertz CT molecular complexity index is 325. The zero-order valence-electron chi connectivity index (χ0n) is 9.20. The molecule has 15 heavy (non-hydrogen) atoms. The zero-order chi connectivity index (χ0) is 11.4. The number of halogens is 1. The highest BCUT2D eigenvalue weighted by Gasteiger charge is 2.16. The van der Waals surface area contributed by atoms with Crippen molar-refractivity contribution in [2.45, 2.75) is 32.3 Å². The lowest BCUT2D eigenvalue weighted by atomic mass is 9.92. The Morgan fingerprint density at radius 1 is 1.47 bits per heavy atom. The molecule has 0 aliphatic heterocycles. The molecule has 0 saturated carbocycles. The molecule has 2 unspecified atom stereocenters. The molecule has 3 N–H and O–H groups in total. The largest absolute Gasteiger partial charge is 0.393 e. The van der Waals surface area contributed by atoms with Crippen LogP contribution in [0.15, 0.2) is 18.2 Å². The lowest BCUT2D eigenvalue weighted by Gasteiger charge is -2.18. The predicted molar refractivity (Wildman–Crippen MR) is 59.2 cm³/mol. The molecule has 3 heteroatoms. The van der Waals surface area contributed by atoms with Gasteiger partial charge in [-0.05, 0) is 38.4 Å². The Balaban J connectivity index is 2.95. The molecule has 1 aromatic carbocycles. The van der Waals surface area contributed by atoms with E-state index in [0.717, 1.165) is 5.56 Å². The van der Waals surface area contributed by atoms with Crippen molar-refractivity contribution in [3.8, 4) is 0 Å². The van der Waals surface area contributed by atoms with Gasteiger partial charge in [0.1, 0.15) is 5.82 Å². The molecule has 2 atom stereocenters. The summed E-state index contributed by atoms with van der Waals surface area (Å²) in [7, 11) is 0. The van der Waals surface area contributed by atoms with Gasteiger partial charge < -0.3 is 10.8 Å². The smallest absolute Gasteiger partial charge is 0.126 e. The average molecular weight is 211 g/mol. The lowest BCUT2D eigenvalue weighted by molar-refractivity contribution is 0.174. The number of hydrogen-bond donors (Lipinski definition) is 2. The molecule has 1 rings (SSSR count). The minimum Gasteiger partial charge on any atom is -0.393 e. The molecule has 0 fully saturated rings. The van der Waals surface area contributed by atoms with Gasteiger partial charge in [0.05, 0.1) is 6.10 Å². The Morgan fingerprint density at radius 3 is 2.67 bits per heavy atom. The maximum Gasteiger partial charge on any atom is 0.126 e. The fraction of sp³-hybridized carbons (Fsp3) is 0.500. The van der Waals surface area contributed by atoms with Crippen LogP contribution in [-0.4, -0.2) is 17.8 Å². The average Bonchev–Trinajstić information content (AvgIpc) is 2.18. The molecule has 1 aromatic rings. The summed E-state index contributed by atoms with van der Waals surface area (Å²) < 4.78 is 13.5. The number of rotatable bonds is 4. The summed E-state index contributed by atoms with van der Waals surface area (Å²) in [5, 5.41) is 9.30. The topological polar surface area (TPSA) is 46.2 Å². The summed E-state index contributed by atoms with van der Waals surface area (Å²) in [5.74, 6) is -0.346. The Hall–Kier alpha value is -0.930. The van der Waals surface area contributed by atoms with Gasteiger partial charge in [0.15, 0.2) is 0 Å². The number of nitrogens with two attached hydrogens (primary N) is 1. The van der Waals surface area contributed by atoms with Crippen molar-refractivity contribution < 1.29 is 9.50 Å². The second-order valence-electron chi connectivity index (χ2n) is 4.04. The molecule has 0 spiro atoms. The monoisotopic (exact) mass is 211 g/mol. The maximum absolute atomic E-state index is 13.5. The van der Waals surface area contributed by atoms with E-state index in [1.165, 1.54) is 6.07 Å². The van der Waals surface area contributed by atoms with Crippen LogP contribution in [-0.2, 0) is 0 Å². The Labute approximate surface area is 89.9 Å². The molecule has 0 amide bonds. The van der Waals surface area contributed by atoms with Gasteiger partial charge >= 0.3 is 0 Å². The van der Waals surface area contributed by atoms with Crippen LogP contribution in [0.1, 0.15) is 30.4 Å². The predicted octanol–water partition coefficient (Wildman–Crippen LogP) is 1.95. The second-order valence-corrected chi connectivity index (χ2v) is 4.04. The lowest BCUT2D eigenvalue weighted by Crippen LogP contribution is -2.18. The fourth-order valence-electron chi connectivity index (χ4n) is 1.74. The summed E-state index contributed by atoms with van der Waals surface area (Å²) >= 11 is 0. The van der Waals surface area contributed by atoms with Crippen molar-refractivity contribution in [3.63, 3.8) is 0 Å². The van der Waals surface area contributed by atoms with Crippen molar-refractivity contribution in [2.75, 3.05) is 6.54 Å². The van der Waals surface area contributed by atoms with E-state index >= 15 is 0 Å². The fourth-order valence-corrected chi connectivity index (χ4v) is 1.74. The van der Waals surface area contributed by atoms with Crippen molar-refractivity contribution in [3.05, 3.63) is 35.1 Å². The number of aliphatic hydroxyl groups excluding tert-OH is 1. The molecule has 0 aliphatic carbocycles. The molecular weight excluding hydrogens is 193 g/mol. The molecule has 0 bridgehead atoms. The third kappa shape index (κ3) is 3.29. The summed E-state index contributed by atoms with van der Waals surface area (Å²) in [6.07, 6.45) is 0.0371. The molecular formula is C12H18FNO. The highest BCUT2D eigenvalue weighted by Crippen LogP contribution is 2.24. The quantitative estimate of drug-likeness (QED) is 0.799. The summed E-state index contributed by atoms with van der Waals surface area (Å²) in [6, 6.07) is 4.99.